The standard InChI is InChI=1S/C16H18N2O3S3/c1-11(2)10-23-22-7-3-6-20-16(19)21-12-4-5-13-14(8-12)24-15(9-17)18-13/h4-5,8,11H,3,6-7,10H2,1-2H3. The third-order valence-electron chi connectivity index (χ3n) is 2.73. The Hall–Kier alpha value is -1.43. The molecule has 1 heterocycles. The molecule has 0 radical (unpaired) electrons. The van der Waals surface area contributed by atoms with Crippen LogP contribution < -0.4 is 4.74 Å². The van der Waals surface area contributed by atoms with Crippen LogP contribution in [0.2, 0.25) is 0 Å². The van der Waals surface area contributed by atoms with Gasteiger partial charge in [-0.25, -0.2) is 9.78 Å². The second-order valence-corrected chi connectivity index (χ2v) is 8.97. The third kappa shape index (κ3) is 6.23. The second-order valence-electron chi connectivity index (χ2n) is 5.31. The zero-order chi connectivity index (χ0) is 17.4. The van der Waals surface area contributed by atoms with Crippen LogP contribution in [-0.2, 0) is 4.74 Å². The molecule has 1 aromatic heterocycles. The van der Waals surface area contributed by atoms with Gasteiger partial charge in [0.2, 0.25) is 0 Å². The smallest absolute Gasteiger partial charge is 0.434 e. The van der Waals surface area contributed by atoms with E-state index < -0.39 is 6.16 Å². The highest BCUT2D eigenvalue weighted by Gasteiger charge is 2.09. The summed E-state index contributed by atoms with van der Waals surface area (Å²) in [5.41, 5.74) is 0.716. The predicted octanol–water partition coefficient (Wildman–Crippen LogP) is 5.11. The molecule has 2 rings (SSSR count). The van der Waals surface area contributed by atoms with Crippen LogP contribution in [0.4, 0.5) is 4.79 Å². The first kappa shape index (κ1) is 18.9. The number of rotatable bonds is 8. The van der Waals surface area contributed by atoms with E-state index in [4.69, 9.17) is 14.7 Å². The lowest BCUT2D eigenvalue weighted by atomic mass is 10.3. The molecule has 2 aromatic rings. The molecule has 0 aliphatic heterocycles. The van der Waals surface area contributed by atoms with E-state index in [1.165, 1.54) is 11.3 Å². The molecule has 0 saturated heterocycles. The summed E-state index contributed by atoms with van der Waals surface area (Å²) in [7, 11) is 3.64. The van der Waals surface area contributed by atoms with Crippen molar-refractivity contribution >= 4 is 49.3 Å². The highest BCUT2D eigenvalue weighted by atomic mass is 33.1. The molecule has 5 nitrogen and oxygen atoms in total. The molecular weight excluding hydrogens is 364 g/mol. The maximum atomic E-state index is 11.7. The monoisotopic (exact) mass is 382 g/mol. The van der Waals surface area contributed by atoms with Gasteiger partial charge in [0, 0.05) is 17.6 Å². The van der Waals surface area contributed by atoms with Crippen molar-refractivity contribution in [3.63, 3.8) is 0 Å². The largest absolute Gasteiger partial charge is 0.513 e. The van der Waals surface area contributed by atoms with Crippen LogP contribution >= 0.6 is 32.9 Å². The number of nitrogens with zero attached hydrogens (tertiary/aromatic N) is 2. The van der Waals surface area contributed by atoms with Gasteiger partial charge in [0.05, 0.1) is 16.8 Å². The zero-order valence-electron chi connectivity index (χ0n) is 13.5. The number of ether oxygens (including phenoxy) is 2. The number of benzene rings is 1. The van der Waals surface area contributed by atoms with Crippen LogP contribution in [0.3, 0.4) is 0 Å². The van der Waals surface area contributed by atoms with Crippen LogP contribution in [0.1, 0.15) is 25.3 Å². The minimum Gasteiger partial charge on any atom is -0.434 e. The molecule has 0 aliphatic rings. The average molecular weight is 383 g/mol. The maximum absolute atomic E-state index is 11.7. The Kier molecular flexibility index (Phi) is 7.69. The van der Waals surface area contributed by atoms with Crippen molar-refractivity contribution in [1.29, 1.82) is 5.26 Å². The molecular formula is C16H18N2O3S3. The highest BCUT2D eigenvalue weighted by Crippen LogP contribution is 2.26. The number of fused-ring (bicyclic) bond motifs is 1. The zero-order valence-corrected chi connectivity index (χ0v) is 15.9. The molecule has 0 fully saturated rings. The average Bonchev–Trinajstić information content (AvgIpc) is 2.96. The fraction of sp³-hybridized carbons (Fsp3) is 0.438. The lowest BCUT2D eigenvalue weighted by molar-refractivity contribution is 0.0995. The molecule has 0 bridgehead atoms. The van der Waals surface area contributed by atoms with Crippen molar-refractivity contribution in [2.24, 2.45) is 5.92 Å². The van der Waals surface area contributed by atoms with Crippen LogP contribution in [0.25, 0.3) is 10.2 Å². The maximum Gasteiger partial charge on any atom is 0.513 e. The van der Waals surface area contributed by atoms with Crippen LogP contribution in [0, 0.1) is 17.2 Å². The number of aromatic nitrogens is 1. The van der Waals surface area contributed by atoms with E-state index in [0.29, 0.717) is 28.8 Å². The number of carbonyl (C=O) groups excluding carboxylic acids is 1. The predicted molar refractivity (Wildman–Crippen MR) is 101 cm³/mol. The quantitative estimate of drug-likeness (QED) is 0.272. The Balaban J connectivity index is 1.70. The molecule has 1 aromatic carbocycles. The van der Waals surface area contributed by atoms with E-state index in [9.17, 15) is 4.79 Å². The topological polar surface area (TPSA) is 72.2 Å². The van der Waals surface area contributed by atoms with Crippen LogP contribution in [0.15, 0.2) is 18.2 Å². The van der Waals surface area contributed by atoms with E-state index in [1.807, 2.05) is 16.9 Å². The van der Waals surface area contributed by atoms with Crippen molar-refractivity contribution in [2.45, 2.75) is 20.3 Å². The lowest BCUT2D eigenvalue weighted by Gasteiger charge is -2.06. The molecule has 0 aliphatic carbocycles. The second kappa shape index (κ2) is 9.77. The molecule has 128 valence electrons. The number of nitriles is 1. The Morgan fingerprint density at radius 3 is 3.00 bits per heavy atom. The highest BCUT2D eigenvalue weighted by molar-refractivity contribution is 8.76. The Bertz CT molecular complexity index is 725. The van der Waals surface area contributed by atoms with Gasteiger partial charge in [-0.2, -0.15) is 5.26 Å². The summed E-state index contributed by atoms with van der Waals surface area (Å²) in [5, 5.41) is 9.23. The first-order chi connectivity index (χ1) is 11.6. The fourth-order valence-corrected chi connectivity index (χ4v) is 4.98. The number of hydrogen-bond donors (Lipinski definition) is 0. The first-order valence-electron chi connectivity index (χ1n) is 7.48. The van der Waals surface area contributed by atoms with E-state index in [0.717, 1.165) is 22.6 Å². The van der Waals surface area contributed by atoms with Gasteiger partial charge in [-0.3, -0.25) is 0 Å². The Morgan fingerprint density at radius 1 is 1.42 bits per heavy atom. The Labute approximate surface area is 153 Å². The lowest BCUT2D eigenvalue weighted by Crippen LogP contribution is -2.11. The summed E-state index contributed by atoms with van der Waals surface area (Å²) in [6.45, 7) is 4.73. The van der Waals surface area contributed by atoms with Gasteiger partial charge in [0.1, 0.15) is 11.8 Å². The van der Waals surface area contributed by atoms with Gasteiger partial charge in [0.15, 0.2) is 5.01 Å². The van der Waals surface area contributed by atoms with Crippen LogP contribution in [-0.4, -0.2) is 29.3 Å². The summed E-state index contributed by atoms with van der Waals surface area (Å²) in [6, 6.07) is 7.05. The van der Waals surface area contributed by atoms with Gasteiger partial charge >= 0.3 is 6.16 Å². The van der Waals surface area contributed by atoms with Gasteiger partial charge < -0.3 is 9.47 Å². The minimum absolute atomic E-state index is 0.343. The SMILES string of the molecule is CC(C)CSSCCCOC(=O)Oc1ccc2nc(C#N)sc2c1. The van der Waals surface area contributed by atoms with Crippen molar-refractivity contribution in [3.05, 3.63) is 23.2 Å². The van der Waals surface area contributed by atoms with Gasteiger partial charge in [-0.1, -0.05) is 35.4 Å². The van der Waals surface area contributed by atoms with Crippen molar-refractivity contribution in [3.8, 4) is 11.8 Å². The summed E-state index contributed by atoms with van der Waals surface area (Å²) >= 11 is 1.26. The number of hydrogen-bond acceptors (Lipinski definition) is 8. The molecule has 0 N–H and O–H groups in total. The van der Waals surface area contributed by atoms with Crippen LogP contribution in [0.5, 0.6) is 5.75 Å². The fourth-order valence-electron chi connectivity index (χ4n) is 1.66. The van der Waals surface area contributed by atoms with Gasteiger partial charge in [-0.05, 0) is 24.5 Å². The van der Waals surface area contributed by atoms with E-state index in [1.54, 1.807) is 29.0 Å². The number of thiazole rings is 1. The van der Waals surface area contributed by atoms with Crippen molar-refractivity contribution in [1.82, 2.24) is 4.98 Å². The molecule has 0 atom stereocenters. The normalized spacial score (nSPS) is 10.8. The third-order valence-corrected chi connectivity index (χ3v) is 6.49. The molecule has 0 amide bonds. The van der Waals surface area contributed by atoms with Gasteiger partial charge in [0.25, 0.3) is 0 Å². The van der Waals surface area contributed by atoms with E-state index in [-0.39, 0.29) is 0 Å². The molecule has 0 saturated carbocycles. The number of carbonyl (C=O) groups is 1. The van der Waals surface area contributed by atoms with E-state index in [2.05, 4.69) is 18.8 Å². The van der Waals surface area contributed by atoms with E-state index >= 15 is 0 Å². The first-order valence-corrected chi connectivity index (χ1v) is 10.8. The molecule has 8 heteroatoms. The molecule has 0 spiro atoms. The van der Waals surface area contributed by atoms with Crippen molar-refractivity contribution < 1.29 is 14.3 Å². The molecule has 0 unspecified atom stereocenters. The van der Waals surface area contributed by atoms with Crippen molar-refractivity contribution in [2.75, 3.05) is 18.1 Å². The minimum atomic E-state index is -0.709. The summed E-state index contributed by atoms with van der Waals surface area (Å²) in [5.74, 6) is 3.15. The Morgan fingerprint density at radius 2 is 2.25 bits per heavy atom. The molecule has 24 heavy (non-hydrogen) atoms. The summed E-state index contributed by atoms with van der Waals surface area (Å²) < 4.78 is 11.0. The summed E-state index contributed by atoms with van der Waals surface area (Å²) in [6.07, 6.45) is 0.0868. The summed E-state index contributed by atoms with van der Waals surface area (Å²) in [4.78, 5) is 15.8. The van der Waals surface area contributed by atoms with Gasteiger partial charge in [-0.15, -0.1) is 11.3 Å².